The van der Waals surface area contributed by atoms with E-state index in [1.807, 2.05) is 36.4 Å². The molecule has 3 rings (SSSR count). The number of benzene rings is 1. The average Bonchev–Trinajstić information content (AvgIpc) is 2.90. The van der Waals surface area contributed by atoms with Gasteiger partial charge in [-0.2, -0.15) is 4.98 Å². The third-order valence-electron chi connectivity index (χ3n) is 2.82. The maximum atomic E-state index is 5.94. The Balaban J connectivity index is 2.09. The van der Waals surface area contributed by atoms with E-state index in [1.165, 1.54) is 0 Å². The van der Waals surface area contributed by atoms with Gasteiger partial charge >= 0.3 is 0 Å². The van der Waals surface area contributed by atoms with Crippen molar-refractivity contribution >= 4 is 11.6 Å². The predicted octanol–water partition coefficient (Wildman–Crippen LogP) is 2.99. The van der Waals surface area contributed by atoms with Crippen molar-refractivity contribution in [1.82, 2.24) is 19.7 Å². The number of ether oxygens (including phenoxy) is 1. The second kappa shape index (κ2) is 5.30. The molecule has 0 unspecified atom stereocenters. The number of hydrogen-bond donors (Lipinski definition) is 0. The second-order valence-corrected chi connectivity index (χ2v) is 4.39. The van der Waals surface area contributed by atoms with Crippen LogP contribution in [0.25, 0.3) is 17.1 Å². The van der Waals surface area contributed by atoms with E-state index < -0.39 is 0 Å². The fourth-order valence-electron chi connectivity index (χ4n) is 1.87. The standard InChI is InChI=1S/C14H11ClN4O/c1-20-12-6-4-11(5-7-12)19-13(17-14(15)18-19)10-3-2-8-16-9-10/h2-9H,1H3. The van der Waals surface area contributed by atoms with Gasteiger partial charge in [-0.3, -0.25) is 4.98 Å². The van der Waals surface area contributed by atoms with Crippen molar-refractivity contribution in [3.8, 4) is 22.8 Å². The van der Waals surface area contributed by atoms with Gasteiger partial charge in [-0.05, 0) is 48.0 Å². The Kier molecular flexibility index (Phi) is 3.35. The Morgan fingerprint density at radius 3 is 2.60 bits per heavy atom. The first-order valence-electron chi connectivity index (χ1n) is 5.95. The van der Waals surface area contributed by atoms with E-state index in [0.717, 1.165) is 17.0 Å². The summed E-state index contributed by atoms with van der Waals surface area (Å²) in [7, 11) is 1.63. The Bertz CT molecular complexity index is 710. The first-order valence-corrected chi connectivity index (χ1v) is 6.33. The third-order valence-corrected chi connectivity index (χ3v) is 2.98. The van der Waals surface area contributed by atoms with Crippen LogP contribution in [0.15, 0.2) is 48.8 Å². The SMILES string of the molecule is COc1ccc(-n2nc(Cl)nc2-c2cccnc2)cc1. The lowest BCUT2D eigenvalue weighted by molar-refractivity contribution is 0.414. The summed E-state index contributed by atoms with van der Waals surface area (Å²) in [5.41, 5.74) is 1.70. The van der Waals surface area contributed by atoms with Gasteiger partial charge in [-0.15, -0.1) is 5.10 Å². The minimum absolute atomic E-state index is 0.194. The quantitative estimate of drug-likeness (QED) is 0.743. The number of methoxy groups -OCH3 is 1. The molecule has 0 amide bonds. The van der Waals surface area contributed by atoms with Crippen LogP contribution in [-0.4, -0.2) is 26.9 Å². The normalized spacial score (nSPS) is 10.5. The Hall–Kier alpha value is -2.40. The van der Waals surface area contributed by atoms with Gasteiger partial charge in [-0.1, -0.05) is 0 Å². The topological polar surface area (TPSA) is 52.8 Å². The van der Waals surface area contributed by atoms with Crippen LogP contribution in [0.2, 0.25) is 5.28 Å². The van der Waals surface area contributed by atoms with Gasteiger partial charge in [0, 0.05) is 18.0 Å². The zero-order valence-electron chi connectivity index (χ0n) is 10.7. The predicted molar refractivity (Wildman–Crippen MR) is 76.2 cm³/mol. The van der Waals surface area contributed by atoms with E-state index in [4.69, 9.17) is 16.3 Å². The second-order valence-electron chi connectivity index (χ2n) is 4.06. The molecule has 3 aromatic rings. The molecule has 0 aliphatic rings. The first kappa shape index (κ1) is 12.6. The Labute approximate surface area is 120 Å². The summed E-state index contributed by atoms with van der Waals surface area (Å²) in [6, 6.07) is 11.3. The van der Waals surface area contributed by atoms with Crippen LogP contribution in [-0.2, 0) is 0 Å². The summed E-state index contributed by atoms with van der Waals surface area (Å²) in [6.45, 7) is 0. The molecule has 0 fully saturated rings. The fraction of sp³-hybridized carbons (Fsp3) is 0.0714. The number of aromatic nitrogens is 4. The maximum absolute atomic E-state index is 5.94. The largest absolute Gasteiger partial charge is 0.497 e. The molecule has 20 heavy (non-hydrogen) atoms. The maximum Gasteiger partial charge on any atom is 0.243 e. The molecular weight excluding hydrogens is 276 g/mol. The smallest absolute Gasteiger partial charge is 0.243 e. The highest BCUT2D eigenvalue weighted by molar-refractivity contribution is 6.28. The van der Waals surface area contributed by atoms with Crippen LogP contribution in [0.4, 0.5) is 0 Å². The number of hydrogen-bond acceptors (Lipinski definition) is 4. The number of pyridine rings is 1. The molecule has 100 valence electrons. The minimum Gasteiger partial charge on any atom is -0.497 e. The van der Waals surface area contributed by atoms with Crippen LogP contribution in [0.3, 0.4) is 0 Å². The van der Waals surface area contributed by atoms with Gasteiger partial charge in [0.1, 0.15) is 5.75 Å². The van der Waals surface area contributed by atoms with Gasteiger partial charge in [0.15, 0.2) is 5.82 Å². The van der Waals surface area contributed by atoms with Crippen LogP contribution < -0.4 is 4.74 Å². The lowest BCUT2D eigenvalue weighted by Gasteiger charge is -2.06. The van der Waals surface area contributed by atoms with E-state index >= 15 is 0 Å². The molecule has 0 atom stereocenters. The van der Waals surface area contributed by atoms with E-state index in [0.29, 0.717) is 5.82 Å². The monoisotopic (exact) mass is 286 g/mol. The summed E-state index contributed by atoms with van der Waals surface area (Å²) in [4.78, 5) is 8.33. The van der Waals surface area contributed by atoms with Crippen molar-refractivity contribution in [3.63, 3.8) is 0 Å². The highest BCUT2D eigenvalue weighted by Crippen LogP contribution is 2.23. The van der Waals surface area contributed by atoms with Crippen LogP contribution in [0.1, 0.15) is 0 Å². The molecule has 0 bridgehead atoms. The van der Waals surface area contributed by atoms with Crippen molar-refractivity contribution in [2.75, 3.05) is 7.11 Å². The summed E-state index contributed by atoms with van der Waals surface area (Å²) >= 11 is 5.94. The zero-order chi connectivity index (χ0) is 13.9. The van der Waals surface area contributed by atoms with Crippen LogP contribution in [0, 0.1) is 0 Å². The summed E-state index contributed by atoms with van der Waals surface area (Å²) in [5, 5.41) is 4.41. The van der Waals surface area contributed by atoms with Gasteiger partial charge in [0.2, 0.25) is 5.28 Å². The lowest BCUT2D eigenvalue weighted by Crippen LogP contribution is -1.99. The van der Waals surface area contributed by atoms with Crippen molar-refractivity contribution in [3.05, 3.63) is 54.1 Å². The van der Waals surface area contributed by atoms with E-state index in [2.05, 4.69) is 15.1 Å². The van der Waals surface area contributed by atoms with Gasteiger partial charge < -0.3 is 4.74 Å². The Morgan fingerprint density at radius 1 is 1.15 bits per heavy atom. The molecule has 0 spiro atoms. The van der Waals surface area contributed by atoms with Crippen LogP contribution in [0.5, 0.6) is 5.75 Å². The minimum atomic E-state index is 0.194. The molecule has 1 aromatic carbocycles. The molecule has 2 heterocycles. The van der Waals surface area contributed by atoms with Gasteiger partial charge in [0.25, 0.3) is 0 Å². The number of halogens is 1. The summed E-state index contributed by atoms with van der Waals surface area (Å²) < 4.78 is 6.82. The molecule has 0 N–H and O–H groups in total. The van der Waals surface area contributed by atoms with Crippen molar-refractivity contribution in [2.45, 2.75) is 0 Å². The lowest BCUT2D eigenvalue weighted by atomic mass is 10.2. The third kappa shape index (κ3) is 2.35. The van der Waals surface area contributed by atoms with Gasteiger partial charge in [-0.25, -0.2) is 4.68 Å². The molecular formula is C14H11ClN4O. The molecule has 0 radical (unpaired) electrons. The van der Waals surface area contributed by atoms with Crippen molar-refractivity contribution in [1.29, 1.82) is 0 Å². The highest BCUT2D eigenvalue weighted by Gasteiger charge is 2.12. The summed E-state index contributed by atoms with van der Waals surface area (Å²) in [6.07, 6.45) is 3.43. The molecule has 2 aromatic heterocycles. The Morgan fingerprint density at radius 2 is 1.95 bits per heavy atom. The van der Waals surface area contributed by atoms with Crippen molar-refractivity contribution < 1.29 is 4.74 Å². The average molecular weight is 287 g/mol. The van der Waals surface area contributed by atoms with E-state index in [-0.39, 0.29) is 5.28 Å². The van der Waals surface area contributed by atoms with Crippen LogP contribution >= 0.6 is 11.6 Å². The number of rotatable bonds is 3. The van der Waals surface area contributed by atoms with E-state index in [1.54, 1.807) is 24.2 Å². The molecule has 5 nitrogen and oxygen atoms in total. The molecule has 0 saturated carbocycles. The first-order chi connectivity index (χ1) is 9.78. The van der Waals surface area contributed by atoms with Crippen molar-refractivity contribution in [2.24, 2.45) is 0 Å². The number of nitrogens with zero attached hydrogens (tertiary/aromatic N) is 4. The molecule has 0 aliphatic carbocycles. The summed E-state index contributed by atoms with van der Waals surface area (Å²) in [5.74, 6) is 1.43. The molecule has 0 aliphatic heterocycles. The van der Waals surface area contributed by atoms with Gasteiger partial charge in [0.05, 0.1) is 12.8 Å². The zero-order valence-corrected chi connectivity index (χ0v) is 11.4. The van der Waals surface area contributed by atoms with E-state index in [9.17, 15) is 0 Å². The highest BCUT2D eigenvalue weighted by atomic mass is 35.5. The fourth-order valence-corrected chi connectivity index (χ4v) is 2.03. The molecule has 6 heteroatoms. The molecule has 0 saturated heterocycles.